The fraction of sp³-hybridized carbons (Fsp3) is 0.562. The number of likely N-dealkylation sites (tertiary alicyclic amines) is 1. The maximum atomic E-state index is 13.7. The lowest BCUT2D eigenvalue weighted by molar-refractivity contribution is -0.0172. The summed E-state index contributed by atoms with van der Waals surface area (Å²) in [6.07, 6.45) is 2.26. The fourth-order valence-corrected chi connectivity index (χ4v) is 2.88. The molecule has 0 spiro atoms. The molecule has 1 saturated heterocycles. The number of fused-ring (bicyclic) bond motifs is 1. The summed E-state index contributed by atoms with van der Waals surface area (Å²) < 4.78 is 24.3. The van der Waals surface area contributed by atoms with Crippen molar-refractivity contribution in [3.8, 4) is 5.75 Å². The smallest absolute Gasteiger partial charge is 0.191 e. The zero-order chi connectivity index (χ0) is 15.5. The Kier molecular flexibility index (Phi) is 6.46. The molecule has 1 aromatic carbocycles. The summed E-state index contributed by atoms with van der Waals surface area (Å²) in [5.41, 5.74) is 7.51. The van der Waals surface area contributed by atoms with Crippen LogP contribution in [-0.4, -0.2) is 30.7 Å². The van der Waals surface area contributed by atoms with Crippen LogP contribution < -0.4 is 10.5 Å². The summed E-state index contributed by atoms with van der Waals surface area (Å²) in [5, 5.41) is 0. The third-order valence-corrected chi connectivity index (χ3v) is 4.27. The van der Waals surface area contributed by atoms with Crippen LogP contribution in [0.4, 0.5) is 4.39 Å². The number of hydrogen-bond donors (Lipinski definition) is 1. The SMILES string of the molecule is CC1CCN(C(N)=NCc2cc(F)cc3c2OCOC3)CC1.I. The van der Waals surface area contributed by atoms with Gasteiger partial charge >= 0.3 is 0 Å². The van der Waals surface area contributed by atoms with Gasteiger partial charge in [-0.1, -0.05) is 6.92 Å². The molecular formula is C16H23FIN3O2. The van der Waals surface area contributed by atoms with Crippen molar-refractivity contribution in [3.05, 3.63) is 29.1 Å². The highest BCUT2D eigenvalue weighted by Gasteiger charge is 2.19. The predicted octanol–water partition coefficient (Wildman–Crippen LogP) is 2.86. The second-order valence-corrected chi connectivity index (χ2v) is 6.01. The van der Waals surface area contributed by atoms with Crippen molar-refractivity contribution in [1.29, 1.82) is 0 Å². The van der Waals surface area contributed by atoms with Crippen molar-refractivity contribution < 1.29 is 13.9 Å². The lowest BCUT2D eigenvalue weighted by Crippen LogP contribution is -2.42. The number of benzene rings is 1. The van der Waals surface area contributed by atoms with Crippen molar-refractivity contribution in [1.82, 2.24) is 4.90 Å². The van der Waals surface area contributed by atoms with E-state index in [-0.39, 0.29) is 36.6 Å². The molecular weight excluding hydrogens is 412 g/mol. The molecule has 3 rings (SSSR count). The van der Waals surface area contributed by atoms with Crippen LogP contribution in [0.15, 0.2) is 17.1 Å². The number of rotatable bonds is 2. The molecule has 0 radical (unpaired) electrons. The number of ether oxygens (including phenoxy) is 2. The van der Waals surface area contributed by atoms with Crippen molar-refractivity contribution in [2.75, 3.05) is 19.9 Å². The number of nitrogens with two attached hydrogens (primary N) is 1. The number of halogens is 2. The first kappa shape index (κ1) is 18.3. The summed E-state index contributed by atoms with van der Waals surface area (Å²) in [7, 11) is 0. The van der Waals surface area contributed by atoms with Gasteiger partial charge in [-0.2, -0.15) is 0 Å². The number of guanidine groups is 1. The zero-order valence-electron chi connectivity index (χ0n) is 13.3. The van der Waals surface area contributed by atoms with Crippen LogP contribution in [0.2, 0.25) is 0 Å². The molecule has 0 aliphatic carbocycles. The molecule has 2 aliphatic rings. The van der Waals surface area contributed by atoms with Crippen molar-refractivity contribution >= 4 is 29.9 Å². The normalized spacial score (nSPS) is 18.9. The molecule has 0 bridgehead atoms. The van der Waals surface area contributed by atoms with E-state index in [1.807, 2.05) is 0 Å². The van der Waals surface area contributed by atoms with Crippen LogP contribution in [0.3, 0.4) is 0 Å². The van der Waals surface area contributed by atoms with Gasteiger partial charge < -0.3 is 20.1 Å². The maximum absolute atomic E-state index is 13.7. The van der Waals surface area contributed by atoms with E-state index < -0.39 is 0 Å². The molecule has 0 atom stereocenters. The van der Waals surface area contributed by atoms with Gasteiger partial charge in [-0.05, 0) is 30.9 Å². The minimum absolute atomic E-state index is 0. The van der Waals surface area contributed by atoms with Gasteiger partial charge in [0.25, 0.3) is 0 Å². The summed E-state index contributed by atoms with van der Waals surface area (Å²) in [5.74, 6) is 1.64. The number of aliphatic imine (C=N–C) groups is 1. The largest absolute Gasteiger partial charge is 0.467 e. The van der Waals surface area contributed by atoms with Gasteiger partial charge in [0, 0.05) is 24.2 Å². The Morgan fingerprint density at radius 1 is 1.39 bits per heavy atom. The quantitative estimate of drug-likeness (QED) is 0.441. The minimum atomic E-state index is -0.302. The first-order valence-electron chi connectivity index (χ1n) is 7.70. The molecule has 128 valence electrons. The third-order valence-electron chi connectivity index (χ3n) is 4.27. The van der Waals surface area contributed by atoms with Gasteiger partial charge in [0.1, 0.15) is 11.6 Å². The Balaban J connectivity index is 0.00000192. The van der Waals surface area contributed by atoms with Crippen molar-refractivity contribution in [3.63, 3.8) is 0 Å². The zero-order valence-corrected chi connectivity index (χ0v) is 15.6. The minimum Gasteiger partial charge on any atom is -0.467 e. The average Bonchev–Trinajstić information content (AvgIpc) is 2.52. The van der Waals surface area contributed by atoms with E-state index in [1.165, 1.54) is 12.1 Å². The summed E-state index contributed by atoms with van der Waals surface area (Å²) in [4.78, 5) is 6.52. The molecule has 2 N–H and O–H groups in total. The van der Waals surface area contributed by atoms with E-state index in [0.29, 0.717) is 30.4 Å². The molecule has 0 saturated carbocycles. The van der Waals surface area contributed by atoms with Crippen LogP contribution in [0, 0.1) is 11.7 Å². The molecule has 0 aromatic heterocycles. The molecule has 0 unspecified atom stereocenters. The second-order valence-electron chi connectivity index (χ2n) is 6.01. The van der Waals surface area contributed by atoms with Crippen LogP contribution in [-0.2, 0) is 17.9 Å². The first-order valence-corrected chi connectivity index (χ1v) is 7.70. The fourth-order valence-electron chi connectivity index (χ4n) is 2.88. The third kappa shape index (κ3) is 4.47. The van der Waals surface area contributed by atoms with Crippen LogP contribution in [0.1, 0.15) is 30.9 Å². The Hall–Kier alpha value is -1.09. The topological polar surface area (TPSA) is 60.1 Å². The van der Waals surface area contributed by atoms with Gasteiger partial charge in [0.2, 0.25) is 0 Å². The van der Waals surface area contributed by atoms with Gasteiger partial charge in [0.15, 0.2) is 12.8 Å². The van der Waals surface area contributed by atoms with Gasteiger partial charge in [-0.3, -0.25) is 0 Å². The lowest BCUT2D eigenvalue weighted by atomic mass is 10.00. The molecule has 1 aromatic rings. The Morgan fingerprint density at radius 2 is 2.13 bits per heavy atom. The molecule has 2 heterocycles. The molecule has 5 nitrogen and oxygen atoms in total. The van der Waals surface area contributed by atoms with Crippen LogP contribution in [0.25, 0.3) is 0 Å². The Labute approximate surface area is 153 Å². The summed E-state index contributed by atoms with van der Waals surface area (Å²) >= 11 is 0. The number of nitrogens with zero attached hydrogens (tertiary/aromatic N) is 2. The van der Waals surface area contributed by atoms with Gasteiger partial charge in [-0.15, -0.1) is 24.0 Å². The first-order chi connectivity index (χ1) is 10.6. The molecule has 23 heavy (non-hydrogen) atoms. The maximum Gasteiger partial charge on any atom is 0.191 e. The van der Waals surface area contributed by atoms with Crippen molar-refractivity contribution in [2.45, 2.75) is 32.9 Å². The average molecular weight is 435 g/mol. The second kappa shape index (κ2) is 8.14. The van der Waals surface area contributed by atoms with E-state index in [0.717, 1.165) is 37.4 Å². The summed E-state index contributed by atoms with van der Waals surface area (Å²) in [6, 6.07) is 2.90. The van der Waals surface area contributed by atoms with Gasteiger partial charge in [-0.25, -0.2) is 9.38 Å². The summed E-state index contributed by atoms with van der Waals surface area (Å²) in [6.45, 7) is 4.99. The molecule has 7 heteroatoms. The van der Waals surface area contributed by atoms with Crippen LogP contribution >= 0.6 is 24.0 Å². The molecule has 2 aliphatic heterocycles. The predicted molar refractivity (Wildman–Crippen MR) is 97.4 cm³/mol. The molecule has 0 amide bonds. The van der Waals surface area contributed by atoms with E-state index in [9.17, 15) is 4.39 Å². The lowest BCUT2D eigenvalue weighted by Gasteiger charge is -2.31. The Bertz CT molecular complexity index is 575. The highest BCUT2D eigenvalue weighted by atomic mass is 127. The highest BCUT2D eigenvalue weighted by Crippen LogP contribution is 2.30. The number of piperidine rings is 1. The highest BCUT2D eigenvalue weighted by molar-refractivity contribution is 14.0. The standard InChI is InChI=1S/C16H22FN3O2.HI/c1-11-2-4-20(5-3-11)16(18)19-8-12-6-14(17)7-13-9-21-10-22-15(12)13;/h6-7,11H,2-5,8-10H2,1H3,(H2,18,19);1H. The van der Waals surface area contributed by atoms with Crippen molar-refractivity contribution in [2.24, 2.45) is 16.6 Å². The van der Waals surface area contributed by atoms with E-state index in [1.54, 1.807) is 0 Å². The van der Waals surface area contributed by atoms with E-state index >= 15 is 0 Å². The number of hydrogen-bond acceptors (Lipinski definition) is 3. The van der Waals surface area contributed by atoms with Gasteiger partial charge in [0.05, 0.1) is 13.2 Å². The molecule has 1 fully saturated rings. The van der Waals surface area contributed by atoms with E-state index in [2.05, 4.69) is 16.8 Å². The van der Waals surface area contributed by atoms with E-state index in [4.69, 9.17) is 15.2 Å². The monoisotopic (exact) mass is 435 g/mol. The van der Waals surface area contributed by atoms with Crippen LogP contribution in [0.5, 0.6) is 5.75 Å². The Morgan fingerprint density at radius 3 is 2.87 bits per heavy atom.